The molecule has 1 radical (unpaired) electrons. The number of benzene rings is 2. The molecule has 0 amide bonds. The van der Waals surface area contributed by atoms with Crippen LogP contribution in [-0.4, -0.2) is 8.80 Å². The van der Waals surface area contributed by atoms with E-state index in [0.717, 1.165) is 0 Å². The van der Waals surface area contributed by atoms with E-state index in [4.69, 9.17) is 0 Å². The lowest BCUT2D eigenvalue weighted by molar-refractivity contribution is 1.03. The van der Waals surface area contributed by atoms with E-state index < -0.39 is 8.80 Å². The smallest absolute Gasteiger partial charge is 0.0458 e. The SMILES string of the molecule is CCC[SiH](Cc1ccccc1)Cc1cc[c]cc1C. The summed E-state index contributed by atoms with van der Waals surface area (Å²) in [5.41, 5.74) is 4.47. The second kappa shape index (κ2) is 7.30. The van der Waals surface area contributed by atoms with Gasteiger partial charge >= 0.3 is 0 Å². The van der Waals surface area contributed by atoms with E-state index in [-0.39, 0.29) is 0 Å². The first-order valence-electron chi connectivity index (χ1n) is 7.29. The van der Waals surface area contributed by atoms with E-state index in [9.17, 15) is 0 Å². The average Bonchev–Trinajstić information content (AvgIpc) is 2.43. The van der Waals surface area contributed by atoms with Crippen molar-refractivity contribution in [1.82, 2.24) is 0 Å². The zero-order valence-electron chi connectivity index (χ0n) is 12.0. The summed E-state index contributed by atoms with van der Waals surface area (Å²) >= 11 is 0. The normalized spacial score (nSPS) is 12.3. The van der Waals surface area contributed by atoms with Crippen molar-refractivity contribution in [3.8, 4) is 0 Å². The van der Waals surface area contributed by atoms with Gasteiger partial charge in [0.15, 0.2) is 0 Å². The van der Waals surface area contributed by atoms with Crippen LogP contribution in [0.4, 0.5) is 0 Å². The zero-order valence-corrected chi connectivity index (χ0v) is 13.2. The van der Waals surface area contributed by atoms with Gasteiger partial charge < -0.3 is 0 Å². The summed E-state index contributed by atoms with van der Waals surface area (Å²) in [5.74, 6) is 0. The molecular formula is C18H23Si. The van der Waals surface area contributed by atoms with Crippen molar-refractivity contribution < 1.29 is 0 Å². The van der Waals surface area contributed by atoms with Crippen LogP contribution in [-0.2, 0) is 12.1 Å². The van der Waals surface area contributed by atoms with Crippen LogP contribution in [0.3, 0.4) is 0 Å². The lowest BCUT2D eigenvalue weighted by Gasteiger charge is -2.16. The van der Waals surface area contributed by atoms with Crippen LogP contribution in [0.15, 0.2) is 48.5 Å². The Morgan fingerprint density at radius 1 is 1.05 bits per heavy atom. The summed E-state index contributed by atoms with van der Waals surface area (Å²) in [6.45, 7) is 4.53. The van der Waals surface area contributed by atoms with Crippen molar-refractivity contribution in [1.29, 1.82) is 0 Å². The lowest BCUT2D eigenvalue weighted by Crippen LogP contribution is -2.21. The molecule has 2 aromatic rings. The first kappa shape index (κ1) is 14.1. The number of hydrogen-bond donors (Lipinski definition) is 0. The van der Waals surface area contributed by atoms with Crippen LogP contribution in [0, 0.1) is 13.0 Å². The van der Waals surface area contributed by atoms with Crippen LogP contribution in [0.1, 0.15) is 30.0 Å². The summed E-state index contributed by atoms with van der Waals surface area (Å²) in [6.07, 6.45) is 1.32. The predicted molar refractivity (Wildman–Crippen MR) is 86.1 cm³/mol. The molecular weight excluding hydrogens is 244 g/mol. The van der Waals surface area contributed by atoms with Crippen LogP contribution in [0.5, 0.6) is 0 Å². The molecule has 0 aliphatic carbocycles. The Bertz CT molecular complexity index is 490. The largest absolute Gasteiger partial charge is 0.0657 e. The summed E-state index contributed by atoms with van der Waals surface area (Å²) in [5, 5.41) is 0. The molecule has 1 unspecified atom stereocenters. The molecule has 0 nitrogen and oxygen atoms in total. The van der Waals surface area contributed by atoms with Gasteiger partial charge in [0.05, 0.1) is 0 Å². The maximum atomic E-state index is 3.17. The molecule has 0 aromatic heterocycles. The Hall–Kier alpha value is -1.34. The van der Waals surface area contributed by atoms with Crippen LogP contribution >= 0.6 is 0 Å². The maximum Gasteiger partial charge on any atom is 0.0458 e. The van der Waals surface area contributed by atoms with E-state index >= 15 is 0 Å². The predicted octanol–water partition coefficient (Wildman–Crippen LogP) is 4.30. The third-order valence-corrected chi connectivity index (χ3v) is 7.22. The molecule has 0 spiro atoms. The highest BCUT2D eigenvalue weighted by molar-refractivity contribution is 6.57. The monoisotopic (exact) mass is 267 g/mol. The second-order valence-electron chi connectivity index (χ2n) is 5.40. The number of rotatable bonds is 6. The Kier molecular flexibility index (Phi) is 5.40. The van der Waals surface area contributed by atoms with E-state index in [1.807, 2.05) is 0 Å². The van der Waals surface area contributed by atoms with Crippen molar-refractivity contribution in [3.63, 3.8) is 0 Å². The second-order valence-corrected chi connectivity index (χ2v) is 8.53. The summed E-state index contributed by atoms with van der Waals surface area (Å²) in [4.78, 5) is 0. The summed E-state index contributed by atoms with van der Waals surface area (Å²) in [7, 11) is -0.729. The maximum absolute atomic E-state index is 3.17. The van der Waals surface area contributed by atoms with Crippen LogP contribution < -0.4 is 0 Å². The first-order valence-corrected chi connectivity index (χ1v) is 9.74. The molecule has 1 atom stereocenters. The fourth-order valence-electron chi connectivity index (χ4n) is 2.72. The minimum atomic E-state index is -0.729. The van der Waals surface area contributed by atoms with Gasteiger partial charge in [-0.2, -0.15) is 0 Å². The molecule has 2 aromatic carbocycles. The Morgan fingerprint density at radius 2 is 1.84 bits per heavy atom. The van der Waals surface area contributed by atoms with Gasteiger partial charge in [0.1, 0.15) is 0 Å². The quantitative estimate of drug-likeness (QED) is 0.685. The Balaban J connectivity index is 2.06. The Morgan fingerprint density at radius 3 is 2.53 bits per heavy atom. The minimum Gasteiger partial charge on any atom is -0.0657 e. The van der Waals surface area contributed by atoms with Gasteiger partial charge in [-0.15, -0.1) is 0 Å². The van der Waals surface area contributed by atoms with Gasteiger partial charge in [-0.25, -0.2) is 0 Å². The zero-order chi connectivity index (χ0) is 13.5. The summed E-state index contributed by atoms with van der Waals surface area (Å²) in [6, 6.07) is 24.7. The molecule has 19 heavy (non-hydrogen) atoms. The van der Waals surface area contributed by atoms with Gasteiger partial charge in [-0.05, 0) is 36.2 Å². The molecule has 1 heteroatoms. The van der Waals surface area contributed by atoms with Crippen molar-refractivity contribution in [3.05, 3.63) is 71.3 Å². The van der Waals surface area contributed by atoms with Crippen LogP contribution in [0.2, 0.25) is 6.04 Å². The first-order chi connectivity index (χ1) is 9.29. The fraction of sp³-hybridized carbons (Fsp3) is 0.333. The molecule has 0 saturated carbocycles. The van der Waals surface area contributed by atoms with E-state index in [2.05, 4.69) is 68.4 Å². The number of aryl methyl sites for hydroxylation is 1. The Labute approximate surface area is 119 Å². The van der Waals surface area contributed by atoms with E-state index in [1.165, 1.54) is 35.7 Å². The van der Waals surface area contributed by atoms with Gasteiger partial charge in [0, 0.05) is 8.80 Å². The molecule has 0 bridgehead atoms. The third kappa shape index (κ3) is 4.36. The van der Waals surface area contributed by atoms with Gasteiger partial charge in [0.2, 0.25) is 0 Å². The molecule has 99 valence electrons. The number of hydrogen-bond acceptors (Lipinski definition) is 0. The van der Waals surface area contributed by atoms with Gasteiger partial charge in [0.25, 0.3) is 0 Å². The highest BCUT2D eigenvalue weighted by Gasteiger charge is 2.12. The van der Waals surface area contributed by atoms with E-state index in [0.29, 0.717) is 0 Å². The van der Waals surface area contributed by atoms with Crippen molar-refractivity contribution >= 4 is 8.80 Å². The fourth-order valence-corrected chi connectivity index (χ4v) is 6.11. The minimum absolute atomic E-state index is 0.729. The molecule has 0 aliphatic heterocycles. The van der Waals surface area contributed by atoms with Gasteiger partial charge in [-0.1, -0.05) is 73.5 Å². The molecule has 0 heterocycles. The standard InChI is InChI=1S/C18H23Si/c1-3-13-19(14-17-10-5-4-6-11-17)15-18-12-8-7-9-16(18)2/h4-6,8-12,19H,3,13-15H2,1-2H3. The van der Waals surface area contributed by atoms with Crippen LogP contribution in [0.25, 0.3) is 0 Å². The molecule has 0 N–H and O–H groups in total. The van der Waals surface area contributed by atoms with Gasteiger partial charge in [-0.3, -0.25) is 0 Å². The van der Waals surface area contributed by atoms with Crippen molar-refractivity contribution in [2.24, 2.45) is 0 Å². The highest BCUT2D eigenvalue weighted by Crippen LogP contribution is 2.15. The molecule has 0 aliphatic rings. The molecule has 0 fully saturated rings. The molecule has 2 rings (SSSR count). The highest BCUT2D eigenvalue weighted by atomic mass is 28.3. The molecule has 0 saturated heterocycles. The lowest BCUT2D eigenvalue weighted by atomic mass is 10.1. The summed E-state index contributed by atoms with van der Waals surface area (Å²) < 4.78 is 0. The average molecular weight is 267 g/mol. The van der Waals surface area contributed by atoms with Crippen molar-refractivity contribution in [2.75, 3.05) is 0 Å². The van der Waals surface area contributed by atoms with Crippen molar-refractivity contribution in [2.45, 2.75) is 38.4 Å². The topological polar surface area (TPSA) is 0 Å². The third-order valence-electron chi connectivity index (χ3n) is 3.76. The van der Waals surface area contributed by atoms with E-state index in [1.54, 1.807) is 5.56 Å².